The van der Waals surface area contributed by atoms with Crippen molar-refractivity contribution in [3.63, 3.8) is 0 Å². The van der Waals surface area contributed by atoms with Gasteiger partial charge in [-0.05, 0) is 60.5 Å². The molecule has 12 nitrogen and oxygen atoms in total. The SMILES string of the molecule is CCC(Sc1cccc(NC(=O)/C(=C\c2ccc(OC)c(OC)c2)NC(=O)c2ccccc2)c1)C(=O)Nc1nc(-c2cccc([N+](=O)[O-])c2)cs1. The van der Waals surface area contributed by atoms with Crippen LogP contribution in [0.5, 0.6) is 11.5 Å². The van der Waals surface area contributed by atoms with Gasteiger partial charge in [0.15, 0.2) is 16.6 Å². The number of hydrogen-bond donors (Lipinski definition) is 3. The van der Waals surface area contributed by atoms with E-state index >= 15 is 0 Å². The Balaban J connectivity index is 1.30. The minimum absolute atomic E-state index is 0.00661. The molecule has 0 fully saturated rings. The summed E-state index contributed by atoms with van der Waals surface area (Å²) in [5.41, 5.74) is 2.45. The highest BCUT2D eigenvalue weighted by atomic mass is 32.2. The van der Waals surface area contributed by atoms with Crippen molar-refractivity contribution in [2.75, 3.05) is 24.9 Å². The van der Waals surface area contributed by atoms with E-state index in [0.717, 1.165) is 4.90 Å². The fourth-order valence-electron chi connectivity index (χ4n) is 4.81. The number of thioether (sulfide) groups is 1. The lowest BCUT2D eigenvalue weighted by Gasteiger charge is -2.15. The van der Waals surface area contributed by atoms with Gasteiger partial charge in [0.05, 0.1) is 30.1 Å². The molecule has 1 atom stereocenters. The van der Waals surface area contributed by atoms with Crippen molar-refractivity contribution >= 4 is 63.4 Å². The fourth-order valence-corrected chi connectivity index (χ4v) is 6.55. The van der Waals surface area contributed by atoms with Gasteiger partial charge in [0, 0.05) is 39.2 Å². The quantitative estimate of drug-likeness (QED) is 0.0452. The third-order valence-electron chi connectivity index (χ3n) is 7.37. The number of ether oxygens (including phenoxy) is 2. The summed E-state index contributed by atoms with van der Waals surface area (Å²) in [6.07, 6.45) is 2.04. The molecule has 5 aromatic rings. The molecule has 4 aromatic carbocycles. The average molecular weight is 724 g/mol. The molecule has 14 heteroatoms. The Bertz CT molecular complexity index is 2080. The maximum absolute atomic E-state index is 13.7. The zero-order valence-corrected chi connectivity index (χ0v) is 29.4. The monoisotopic (exact) mass is 723 g/mol. The van der Waals surface area contributed by atoms with Crippen LogP contribution in [-0.4, -0.2) is 47.1 Å². The number of nitro groups is 1. The van der Waals surface area contributed by atoms with Gasteiger partial charge in [-0.2, -0.15) is 0 Å². The first-order valence-electron chi connectivity index (χ1n) is 15.6. The second kappa shape index (κ2) is 17.1. The third kappa shape index (κ3) is 9.59. The van der Waals surface area contributed by atoms with Crippen molar-refractivity contribution in [3.8, 4) is 22.8 Å². The van der Waals surface area contributed by atoms with Gasteiger partial charge in [-0.3, -0.25) is 24.5 Å². The first-order valence-corrected chi connectivity index (χ1v) is 17.3. The van der Waals surface area contributed by atoms with Crippen LogP contribution in [0.2, 0.25) is 0 Å². The Morgan fingerprint density at radius 3 is 2.41 bits per heavy atom. The number of rotatable bonds is 14. The first-order chi connectivity index (χ1) is 24.7. The molecule has 0 saturated carbocycles. The van der Waals surface area contributed by atoms with Crippen LogP contribution >= 0.6 is 23.1 Å². The van der Waals surface area contributed by atoms with Gasteiger partial charge in [0.1, 0.15) is 5.70 Å². The second-order valence-electron chi connectivity index (χ2n) is 10.8. The summed E-state index contributed by atoms with van der Waals surface area (Å²) in [6, 6.07) is 26.9. The second-order valence-corrected chi connectivity index (χ2v) is 13.0. The molecule has 0 aliphatic heterocycles. The summed E-state index contributed by atoms with van der Waals surface area (Å²) in [6.45, 7) is 1.89. The Kier molecular flexibility index (Phi) is 12.2. The zero-order valence-electron chi connectivity index (χ0n) is 27.7. The lowest BCUT2D eigenvalue weighted by molar-refractivity contribution is -0.384. The van der Waals surface area contributed by atoms with Gasteiger partial charge >= 0.3 is 0 Å². The number of amides is 3. The lowest BCUT2D eigenvalue weighted by atomic mass is 10.1. The van der Waals surface area contributed by atoms with Crippen molar-refractivity contribution in [1.82, 2.24) is 10.3 Å². The average Bonchev–Trinajstić information content (AvgIpc) is 3.62. The molecule has 3 amide bonds. The smallest absolute Gasteiger partial charge is 0.272 e. The number of hydrogen-bond acceptors (Lipinski definition) is 10. The normalized spacial score (nSPS) is 11.6. The lowest BCUT2D eigenvalue weighted by Crippen LogP contribution is -2.30. The van der Waals surface area contributed by atoms with Crippen LogP contribution < -0.4 is 25.4 Å². The van der Waals surface area contributed by atoms with Gasteiger partial charge in [-0.15, -0.1) is 23.1 Å². The highest BCUT2D eigenvalue weighted by Gasteiger charge is 2.21. The third-order valence-corrected chi connectivity index (χ3v) is 9.48. The molecule has 0 spiro atoms. The van der Waals surface area contributed by atoms with Crippen molar-refractivity contribution in [2.24, 2.45) is 0 Å². The maximum Gasteiger partial charge on any atom is 0.272 e. The highest BCUT2D eigenvalue weighted by Crippen LogP contribution is 2.32. The van der Waals surface area contributed by atoms with Gasteiger partial charge in [0.25, 0.3) is 17.5 Å². The predicted octanol–water partition coefficient (Wildman–Crippen LogP) is 7.65. The van der Waals surface area contributed by atoms with Gasteiger partial charge in [0.2, 0.25) is 5.91 Å². The molecule has 1 aromatic heterocycles. The number of carbonyl (C=O) groups excluding carboxylic acids is 3. The number of nitrogens with zero attached hydrogens (tertiary/aromatic N) is 2. The number of non-ortho nitro benzene ring substituents is 1. The number of thiazole rings is 1. The van der Waals surface area contributed by atoms with E-state index in [4.69, 9.17) is 9.47 Å². The molecule has 0 aliphatic rings. The molecular formula is C37H33N5O7S2. The van der Waals surface area contributed by atoms with E-state index in [9.17, 15) is 24.5 Å². The summed E-state index contributed by atoms with van der Waals surface area (Å²) >= 11 is 2.54. The van der Waals surface area contributed by atoms with Crippen molar-refractivity contribution in [3.05, 3.63) is 129 Å². The van der Waals surface area contributed by atoms with E-state index in [1.54, 1.807) is 84.2 Å². The standard InChI is InChI=1S/C37H33N5O7S2/c1-4-33(36(45)41-37-40-30(22-50-37)25-12-8-14-27(20-25)42(46)47)51-28-15-9-13-26(21-28)38-35(44)29(39-34(43)24-10-6-5-7-11-24)18-23-16-17-31(48-2)32(19-23)49-3/h5-22,33H,4H2,1-3H3,(H,38,44)(H,39,43)(H,40,41,45)/b29-18+. The van der Waals surface area contributed by atoms with Gasteiger partial charge in [-0.25, -0.2) is 4.98 Å². The van der Waals surface area contributed by atoms with E-state index in [1.165, 1.54) is 55.5 Å². The first kappa shape index (κ1) is 36.3. The van der Waals surface area contributed by atoms with Crippen LogP contribution in [0, 0.1) is 10.1 Å². The molecule has 1 heterocycles. The Hall–Kier alpha value is -5.99. The summed E-state index contributed by atoms with van der Waals surface area (Å²) in [5, 5.41) is 21.2. The van der Waals surface area contributed by atoms with Crippen LogP contribution in [0.25, 0.3) is 17.3 Å². The molecule has 0 bridgehead atoms. The number of aromatic nitrogens is 1. The number of nitrogens with one attached hydrogen (secondary N) is 3. The minimum Gasteiger partial charge on any atom is -0.493 e. The minimum atomic E-state index is -0.565. The van der Waals surface area contributed by atoms with E-state index in [0.29, 0.717) is 51.1 Å². The molecule has 51 heavy (non-hydrogen) atoms. The molecule has 3 N–H and O–H groups in total. The number of anilines is 2. The zero-order chi connectivity index (χ0) is 36.3. The summed E-state index contributed by atoms with van der Waals surface area (Å²) in [4.78, 5) is 55.9. The highest BCUT2D eigenvalue weighted by molar-refractivity contribution is 8.00. The molecule has 5 rings (SSSR count). The summed E-state index contributed by atoms with van der Waals surface area (Å²) in [7, 11) is 3.03. The Morgan fingerprint density at radius 2 is 1.69 bits per heavy atom. The van der Waals surface area contributed by atoms with E-state index in [1.807, 2.05) is 13.0 Å². The predicted molar refractivity (Wildman–Crippen MR) is 199 cm³/mol. The fraction of sp³-hybridized carbons (Fsp3) is 0.135. The molecule has 0 radical (unpaired) electrons. The molecular weight excluding hydrogens is 691 g/mol. The number of carbonyl (C=O) groups is 3. The van der Waals surface area contributed by atoms with Gasteiger partial charge in [-0.1, -0.05) is 49.4 Å². The van der Waals surface area contributed by atoms with Crippen LogP contribution in [-0.2, 0) is 9.59 Å². The van der Waals surface area contributed by atoms with Crippen molar-refractivity contribution in [2.45, 2.75) is 23.5 Å². The van der Waals surface area contributed by atoms with Gasteiger partial charge < -0.3 is 25.4 Å². The number of benzene rings is 4. The largest absolute Gasteiger partial charge is 0.493 e. The molecule has 0 saturated heterocycles. The summed E-state index contributed by atoms with van der Waals surface area (Å²) < 4.78 is 10.7. The van der Waals surface area contributed by atoms with Crippen LogP contribution in [0.1, 0.15) is 29.3 Å². The topological polar surface area (TPSA) is 162 Å². The van der Waals surface area contributed by atoms with E-state index in [-0.39, 0.29) is 17.3 Å². The number of methoxy groups -OCH3 is 2. The van der Waals surface area contributed by atoms with Crippen LogP contribution in [0.4, 0.5) is 16.5 Å². The molecule has 0 aliphatic carbocycles. The number of nitro benzene ring substituents is 1. The van der Waals surface area contributed by atoms with E-state index < -0.39 is 22.0 Å². The maximum atomic E-state index is 13.7. The molecule has 260 valence electrons. The van der Waals surface area contributed by atoms with E-state index in [2.05, 4.69) is 20.9 Å². The summed E-state index contributed by atoms with van der Waals surface area (Å²) in [5.74, 6) is -0.322. The Morgan fingerprint density at radius 1 is 0.922 bits per heavy atom. The molecule has 1 unspecified atom stereocenters. The van der Waals surface area contributed by atoms with Crippen LogP contribution in [0.15, 0.2) is 113 Å². The van der Waals surface area contributed by atoms with Crippen LogP contribution in [0.3, 0.4) is 0 Å². The van der Waals surface area contributed by atoms with Crippen molar-refractivity contribution < 1.29 is 28.8 Å². The van der Waals surface area contributed by atoms with Crippen molar-refractivity contribution in [1.29, 1.82) is 0 Å². The Labute approximate surface area is 302 Å².